The molecule has 0 spiro atoms. The summed E-state index contributed by atoms with van der Waals surface area (Å²) in [7, 11) is 1.61. The summed E-state index contributed by atoms with van der Waals surface area (Å²) >= 11 is 1.41. The average Bonchev–Trinajstić information content (AvgIpc) is 3.16. The molecule has 0 atom stereocenters. The number of carbonyl (C=O) groups is 1. The molecule has 2 heterocycles. The number of nitrogens with zero attached hydrogens (tertiary/aromatic N) is 3. The largest absolute Gasteiger partial charge is 0.494 e. The number of hydrogen-bond acceptors (Lipinski definition) is 5. The molecule has 0 saturated heterocycles. The van der Waals surface area contributed by atoms with E-state index in [1.807, 2.05) is 56.6 Å². The van der Waals surface area contributed by atoms with Crippen LogP contribution in [0.1, 0.15) is 38.7 Å². The molecular formula is C19H22N4O2S. The van der Waals surface area contributed by atoms with E-state index in [4.69, 9.17) is 4.74 Å². The van der Waals surface area contributed by atoms with Gasteiger partial charge in [-0.2, -0.15) is 5.10 Å². The monoisotopic (exact) mass is 370 g/mol. The predicted octanol–water partition coefficient (Wildman–Crippen LogP) is 4.08. The molecule has 1 amide bonds. The zero-order valence-electron chi connectivity index (χ0n) is 15.6. The fourth-order valence-electron chi connectivity index (χ4n) is 2.88. The number of thiazole rings is 1. The summed E-state index contributed by atoms with van der Waals surface area (Å²) in [6.07, 6.45) is 0.729. The first-order valence-corrected chi connectivity index (χ1v) is 9.24. The minimum atomic E-state index is -0.145. The number of rotatable bonds is 5. The van der Waals surface area contributed by atoms with Crippen molar-refractivity contribution in [2.75, 3.05) is 12.4 Å². The van der Waals surface area contributed by atoms with Crippen LogP contribution in [-0.2, 0) is 6.42 Å². The van der Waals surface area contributed by atoms with E-state index in [-0.39, 0.29) is 5.91 Å². The third-order valence-electron chi connectivity index (χ3n) is 4.02. The van der Waals surface area contributed by atoms with Crippen LogP contribution in [0.15, 0.2) is 24.3 Å². The topological polar surface area (TPSA) is 69.0 Å². The zero-order chi connectivity index (χ0) is 18.8. The predicted molar refractivity (Wildman–Crippen MR) is 104 cm³/mol. The fourth-order valence-corrected chi connectivity index (χ4v) is 3.78. The summed E-state index contributed by atoms with van der Waals surface area (Å²) in [5.41, 5.74) is 4.29. The number of carbonyl (C=O) groups excluding carboxylic acids is 1. The summed E-state index contributed by atoms with van der Waals surface area (Å²) in [6, 6.07) is 7.56. The van der Waals surface area contributed by atoms with Crippen LogP contribution in [0.2, 0.25) is 0 Å². The first kappa shape index (κ1) is 18.1. The van der Waals surface area contributed by atoms with Crippen molar-refractivity contribution in [3.05, 3.63) is 51.2 Å². The molecule has 0 saturated carbocycles. The van der Waals surface area contributed by atoms with Crippen molar-refractivity contribution in [3.63, 3.8) is 0 Å². The molecule has 3 aromatic rings. The van der Waals surface area contributed by atoms with Crippen LogP contribution >= 0.6 is 11.3 Å². The van der Waals surface area contributed by atoms with Gasteiger partial charge in [0.1, 0.15) is 16.3 Å². The molecule has 6 nitrogen and oxygen atoms in total. The molecule has 26 heavy (non-hydrogen) atoms. The molecule has 0 unspecified atom stereocenters. The Morgan fingerprint density at radius 2 is 2.04 bits per heavy atom. The number of hydrogen-bond donors (Lipinski definition) is 1. The number of aromatic nitrogens is 3. The van der Waals surface area contributed by atoms with Crippen LogP contribution in [0.5, 0.6) is 5.75 Å². The van der Waals surface area contributed by atoms with Crippen molar-refractivity contribution < 1.29 is 9.53 Å². The third kappa shape index (κ3) is 3.48. The average molecular weight is 370 g/mol. The van der Waals surface area contributed by atoms with Gasteiger partial charge in [-0.25, -0.2) is 9.67 Å². The highest BCUT2D eigenvalue weighted by Gasteiger charge is 2.17. The molecule has 0 aliphatic carbocycles. The fraction of sp³-hybridized carbons (Fsp3) is 0.316. The Kier molecular flexibility index (Phi) is 5.08. The molecule has 1 aromatic carbocycles. The Labute approximate surface area is 156 Å². The summed E-state index contributed by atoms with van der Waals surface area (Å²) < 4.78 is 7.35. The van der Waals surface area contributed by atoms with E-state index < -0.39 is 0 Å². The van der Waals surface area contributed by atoms with Gasteiger partial charge in [-0.3, -0.25) is 4.79 Å². The molecule has 7 heteroatoms. The van der Waals surface area contributed by atoms with Gasteiger partial charge in [0, 0.05) is 17.4 Å². The number of nitrogens with one attached hydrogen (secondary N) is 1. The second kappa shape index (κ2) is 7.29. The Bertz CT molecular complexity index is 959. The van der Waals surface area contributed by atoms with E-state index >= 15 is 0 Å². The maximum atomic E-state index is 12.6. The van der Waals surface area contributed by atoms with Crippen LogP contribution in [0.25, 0.3) is 5.69 Å². The SMILES string of the molecule is CCc1nc(C)sc1C(=O)Nc1ccc(-n2nc(C)cc2C)c(OC)c1. The lowest BCUT2D eigenvalue weighted by Gasteiger charge is -2.13. The van der Waals surface area contributed by atoms with Gasteiger partial charge in [-0.15, -0.1) is 11.3 Å². The lowest BCUT2D eigenvalue weighted by atomic mass is 10.2. The van der Waals surface area contributed by atoms with E-state index in [0.717, 1.165) is 34.2 Å². The van der Waals surface area contributed by atoms with Gasteiger partial charge in [0.15, 0.2) is 0 Å². The molecule has 0 aliphatic heterocycles. The number of ether oxygens (including phenoxy) is 1. The number of aryl methyl sites for hydroxylation is 4. The van der Waals surface area contributed by atoms with Gasteiger partial charge in [0.05, 0.1) is 23.5 Å². The van der Waals surface area contributed by atoms with Gasteiger partial charge in [-0.1, -0.05) is 6.92 Å². The molecule has 2 aromatic heterocycles. The van der Waals surface area contributed by atoms with E-state index in [9.17, 15) is 4.79 Å². The summed E-state index contributed by atoms with van der Waals surface area (Å²) in [5.74, 6) is 0.499. The van der Waals surface area contributed by atoms with Gasteiger partial charge < -0.3 is 10.1 Å². The van der Waals surface area contributed by atoms with Crippen LogP contribution < -0.4 is 10.1 Å². The molecule has 0 aliphatic rings. The Morgan fingerprint density at radius 3 is 2.65 bits per heavy atom. The van der Waals surface area contributed by atoms with Crippen molar-refractivity contribution in [1.82, 2.24) is 14.8 Å². The van der Waals surface area contributed by atoms with Crippen molar-refractivity contribution in [2.24, 2.45) is 0 Å². The molecule has 0 bridgehead atoms. The third-order valence-corrected chi connectivity index (χ3v) is 5.03. The quantitative estimate of drug-likeness (QED) is 0.735. The van der Waals surface area contributed by atoms with Crippen molar-refractivity contribution in [2.45, 2.75) is 34.1 Å². The minimum absolute atomic E-state index is 0.145. The summed E-state index contributed by atoms with van der Waals surface area (Å²) in [6.45, 7) is 7.85. The first-order chi connectivity index (χ1) is 12.4. The van der Waals surface area contributed by atoms with E-state index in [1.165, 1.54) is 11.3 Å². The highest BCUT2D eigenvalue weighted by molar-refractivity contribution is 7.13. The van der Waals surface area contributed by atoms with E-state index in [2.05, 4.69) is 15.4 Å². The molecule has 1 N–H and O–H groups in total. The Morgan fingerprint density at radius 1 is 1.27 bits per heavy atom. The zero-order valence-corrected chi connectivity index (χ0v) is 16.4. The van der Waals surface area contributed by atoms with Crippen LogP contribution in [0, 0.1) is 20.8 Å². The second-order valence-corrected chi connectivity index (χ2v) is 7.25. The van der Waals surface area contributed by atoms with Crippen molar-refractivity contribution >= 4 is 22.9 Å². The van der Waals surface area contributed by atoms with Crippen molar-refractivity contribution in [3.8, 4) is 11.4 Å². The minimum Gasteiger partial charge on any atom is -0.494 e. The van der Waals surface area contributed by atoms with Crippen molar-refractivity contribution in [1.29, 1.82) is 0 Å². The van der Waals surface area contributed by atoms with Gasteiger partial charge in [-0.05, 0) is 45.4 Å². The first-order valence-electron chi connectivity index (χ1n) is 8.42. The van der Waals surface area contributed by atoms with Gasteiger partial charge in [0.25, 0.3) is 5.91 Å². The number of anilines is 1. The highest BCUT2D eigenvalue weighted by Crippen LogP contribution is 2.28. The maximum absolute atomic E-state index is 12.6. The number of benzene rings is 1. The maximum Gasteiger partial charge on any atom is 0.267 e. The molecule has 0 fully saturated rings. The van der Waals surface area contributed by atoms with Crippen LogP contribution in [0.3, 0.4) is 0 Å². The van der Waals surface area contributed by atoms with Gasteiger partial charge in [0.2, 0.25) is 0 Å². The summed E-state index contributed by atoms with van der Waals surface area (Å²) in [4.78, 5) is 17.7. The van der Waals surface area contributed by atoms with Crippen LogP contribution in [0.4, 0.5) is 5.69 Å². The van der Waals surface area contributed by atoms with Gasteiger partial charge >= 0.3 is 0 Å². The standard InChI is InChI=1S/C19H22N4O2S/c1-6-15-18(26-13(4)20-15)19(24)21-14-7-8-16(17(10-14)25-5)23-12(3)9-11(2)22-23/h7-10H,6H2,1-5H3,(H,21,24). The lowest BCUT2D eigenvalue weighted by Crippen LogP contribution is -2.13. The Balaban J connectivity index is 1.90. The van der Waals surface area contributed by atoms with E-state index in [1.54, 1.807) is 7.11 Å². The second-order valence-electron chi connectivity index (χ2n) is 6.04. The lowest BCUT2D eigenvalue weighted by molar-refractivity contribution is 0.102. The molecular weight excluding hydrogens is 348 g/mol. The number of methoxy groups -OCH3 is 1. The normalized spacial score (nSPS) is 10.8. The summed E-state index contributed by atoms with van der Waals surface area (Å²) in [5, 5.41) is 8.33. The van der Waals surface area contributed by atoms with Crippen LogP contribution in [-0.4, -0.2) is 27.8 Å². The molecule has 136 valence electrons. The number of amides is 1. The van der Waals surface area contributed by atoms with E-state index in [0.29, 0.717) is 16.3 Å². The highest BCUT2D eigenvalue weighted by atomic mass is 32.1. The Hall–Kier alpha value is -2.67. The smallest absolute Gasteiger partial charge is 0.267 e. The molecule has 0 radical (unpaired) electrons. The molecule has 3 rings (SSSR count).